The van der Waals surface area contributed by atoms with E-state index < -0.39 is 12.1 Å². The summed E-state index contributed by atoms with van der Waals surface area (Å²) in [5, 5.41) is 36.2. The smallest absolute Gasteiger partial charge is 0.342 e. The van der Waals surface area contributed by atoms with Gasteiger partial charge in [0.2, 0.25) is 5.91 Å². The first-order chi connectivity index (χ1) is 18.0. The van der Waals surface area contributed by atoms with Crippen molar-refractivity contribution >= 4 is 47.6 Å². The molecular formula is C22H29N9O7. The summed E-state index contributed by atoms with van der Waals surface area (Å²) in [4.78, 5) is 45.9. The summed E-state index contributed by atoms with van der Waals surface area (Å²) in [5.41, 5.74) is 7.34. The van der Waals surface area contributed by atoms with Crippen LogP contribution in [0.25, 0.3) is 0 Å². The third-order valence-electron chi connectivity index (χ3n) is 5.00. The number of ether oxygens (including phenoxy) is 1. The molecule has 1 aromatic heterocycles. The van der Waals surface area contributed by atoms with Gasteiger partial charge in [-0.05, 0) is 19.2 Å². The molecule has 204 valence electrons. The fraction of sp³-hybridized carbons (Fsp3) is 0.318. The van der Waals surface area contributed by atoms with E-state index in [-0.39, 0.29) is 36.3 Å². The first-order valence-corrected chi connectivity index (χ1v) is 10.9. The van der Waals surface area contributed by atoms with Gasteiger partial charge in [-0.15, -0.1) is 10.2 Å². The maximum absolute atomic E-state index is 12.5. The van der Waals surface area contributed by atoms with Crippen molar-refractivity contribution in [2.45, 2.75) is 13.0 Å². The number of imide groups is 1. The number of carbonyl (C=O) groups is 3. The number of aromatic nitrogens is 2. The number of aliphatic imine (C=N–C) groups is 2. The van der Waals surface area contributed by atoms with Gasteiger partial charge in [0.25, 0.3) is 0 Å². The first-order valence-electron chi connectivity index (χ1n) is 10.9. The van der Waals surface area contributed by atoms with Crippen molar-refractivity contribution in [3.05, 3.63) is 35.5 Å². The van der Waals surface area contributed by atoms with Crippen LogP contribution in [0.2, 0.25) is 0 Å². The number of amides is 3. The highest BCUT2D eigenvalue weighted by Crippen LogP contribution is 2.33. The monoisotopic (exact) mass is 531 g/mol. The van der Waals surface area contributed by atoms with Crippen molar-refractivity contribution in [3.8, 4) is 5.75 Å². The maximum atomic E-state index is 12.5. The van der Waals surface area contributed by atoms with Gasteiger partial charge in [0.1, 0.15) is 17.9 Å². The molecule has 1 saturated heterocycles. The fourth-order valence-corrected chi connectivity index (χ4v) is 3.14. The molecule has 16 heteroatoms. The number of aliphatic hydroxyl groups is 3. The molecule has 1 aromatic carbocycles. The van der Waals surface area contributed by atoms with Gasteiger partial charge in [-0.25, -0.2) is 15.1 Å². The Hall–Kier alpha value is -4.51. The number of carbonyl (C=O) groups excluding carboxylic acids is 3. The topological polar surface area (TPSA) is 228 Å². The number of nitrogens with two attached hydrogens (primary N) is 1. The van der Waals surface area contributed by atoms with Gasteiger partial charge in [0, 0.05) is 33.1 Å². The maximum Gasteiger partial charge on any atom is 0.342 e. The fourth-order valence-electron chi connectivity index (χ4n) is 3.14. The van der Waals surface area contributed by atoms with Gasteiger partial charge in [-0.1, -0.05) is 6.07 Å². The molecule has 0 radical (unpaired) electrons. The number of aldehydes is 1. The predicted octanol–water partition coefficient (Wildman–Crippen LogP) is -1.01. The van der Waals surface area contributed by atoms with Crippen molar-refractivity contribution in [1.82, 2.24) is 20.4 Å². The highest BCUT2D eigenvalue weighted by atomic mass is 16.7. The summed E-state index contributed by atoms with van der Waals surface area (Å²) < 4.78 is 5.51. The third kappa shape index (κ3) is 7.50. The van der Waals surface area contributed by atoms with Crippen molar-refractivity contribution in [2.24, 2.45) is 15.7 Å². The molecule has 16 nitrogen and oxygen atoms in total. The van der Waals surface area contributed by atoms with Crippen LogP contribution in [0.4, 0.5) is 22.0 Å². The van der Waals surface area contributed by atoms with Gasteiger partial charge in [0.05, 0.1) is 24.0 Å². The Morgan fingerprint density at radius 1 is 1.24 bits per heavy atom. The van der Waals surface area contributed by atoms with Crippen LogP contribution < -0.4 is 26.0 Å². The summed E-state index contributed by atoms with van der Waals surface area (Å²) in [6.45, 7) is 1.82. The van der Waals surface area contributed by atoms with Crippen LogP contribution in [0.15, 0.2) is 34.3 Å². The van der Waals surface area contributed by atoms with Crippen LogP contribution in [0.5, 0.6) is 5.75 Å². The number of methoxy groups -OCH3 is 1. The number of benzene rings is 1. The minimum atomic E-state index is -2.71. The highest BCUT2D eigenvalue weighted by Gasteiger charge is 2.33. The van der Waals surface area contributed by atoms with Gasteiger partial charge in [-0.2, -0.15) is 0 Å². The standard InChI is InChI=1S/C20H22N8O4.C2H7NO3/c1-12(30)27-7-8-28(20(27)31)17-9-15(16(10-29)25-26-17)24-14-6-4-5-13(18(14)32-3)19(21)23-11-22-2;1-3-2(4,5)6/h4-6,9-11H,7-8H2,1-3H3,(H,24,26)(H2,21,22,23);3-6H,1H3. The summed E-state index contributed by atoms with van der Waals surface area (Å²) in [6, 6.07) is 6.18. The highest BCUT2D eigenvalue weighted by molar-refractivity contribution is 6.05. The largest absolute Gasteiger partial charge is 0.494 e. The summed E-state index contributed by atoms with van der Waals surface area (Å²) in [7, 11) is 4.25. The quantitative estimate of drug-likeness (QED) is 0.104. The Balaban J connectivity index is 0.000000757. The van der Waals surface area contributed by atoms with Crippen LogP contribution >= 0.6 is 0 Å². The lowest BCUT2D eigenvalue weighted by molar-refractivity contribution is -0.328. The molecule has 0 atom stereocenters. The molecule has 3 amide bonds. The van der Waals surface area contributed by atoms with E-state index in [0.29, 0.717) is 29.0 Å². The Morgan fingerprint density at radius 3 is 2.45 bits per heavy atom. The lowest BCUT2D eigenvalue weighted by atomic mass is 10.1. The Kier molecular flexibility index (Phi) is 10.3. The summed E-state index contributed by atoms with van der Waals surface area (Å²) in [6.07, 6.45) is -0.855. The second-order valence-electron chi connectivity index (χ2n) is 7.51. The second kappa shape index (κ2) is 13.2. The average Bonchev–Trinajstić information content (AvgIpc) is 3.28. The van der Waals surface area contributed by atoms with E-state index in [4.69, 9.17) is 25.8 Å². The SMILES string of the molecule is CN=CN=C(N)c1cccc(Nc2cc(N3CCN(C(C)=O)C3=O)nnc2C=O)c1OC.CNC(O)(O)O. The molecule has 0 saturated carbocycles. The minimum absolute atomic E-state index is 0.0241. The van der Waals surface area contributed by atoms with E-state index in [9.17, 15) is 14.4 Å². The Bertz CT molecular complexity index is 1230. The number of rotatable bonds is 8. The average molecular weight is 532 g/mol. The van der Waals surface area contributed by atoms with Crippen molar-refractivity contribution < 1.29 is 34.4 Å². The Labute approximate surface area is 217 Å². The normalized spacial score (nSPS) is 13.9. The first kappa shape index (κ1) is 29.7. The van der Waals surface area contributed by atoms with Crippen LogP contribution in [-0.4, -0.2) is 101 Å². The molecule has 0 unspecified atom stereocenters. The lowest BCUT2D eigenvalue weighted by Crippen LogP contribution is -2.41. The van der Waals surface area contributed by atoms with Crippen molar-refractivity contribution in [2.75, 3.05) is 44.5 Å². The van der Waals surface area contributed by atoms with Crippen LogP contribution in [0.1, 0.15) is 23.0 Å². The molecule has 7 N–H and O–H groups in total. The zero-order valence-corrected chi connectivity index (χ0v) is 21.1. The molecule has 0 spiro atoms. The third-order valence-corrected chi connectivity index (χ3v) is 5.00. The van der Waals surface area contributed by atoms with Crippen molar-refractivity contribution in [3.63, 3.8) is 0 Å². The zero-order valence-electron chi connectivity index (χ0n) is 21.1. The van der Waals surface area contributed by atoms with Gasteiger partial charge >= 0.3 is 12.1 Å². The number of para-hydroxylation sites is 1. The molecule has 38 heavy (non-hydrogen) atoms. The molecule has 1 fully saturated rings. The number of amidine groups is 1. The van der Waals surface area contributed by atoms with E-state index in [2.05, 4.69) is 25.5 Å². The van der Waals surface area contributed by atoms with Gasteiger partial charge in [-0.3, -0.25) is 24.4 Å². The molecule has 3 rings (SSSR count). The molecule has 1 aliphatic rings. The minimum Gasteiger partial charge on any atom is -0.494 e. The zero-order chi connectivity index (χ0) is 28.5. The summed E-state index contributed by atoms with van der Waals surface area (Å²) in [5.74, 6) is 0.408. The van der Waals surface area contributed by atoms with E-state index in [1.807, 2.05) is 0 Å². The molecule has 0 aliphatic carbocycles. The molecule has 0 bridgehead atoms. The van der Waals surface area contributed by atoms with E-state index >= 15 is 0 Å². The second-order valence-corrected chi connectivity index (χ2v) is 7.51. The van der Waals surface area contributed by atoms with Gasteiger partial charge in [0.15, 0.2) is 17.9 Å². The van der Waals surface area contributed by atoms with E-state index in [0.717, 1.165) is 4.90 Å². The van der Waals surface area contributed by atoms with E-state index in [1.165, 1.54) is 38.4 Å². The van der Waals surface area contributed by atoms with Crippen LogP contribution in [-0.2, 0) is 4.79 Å². The van der Waals surface area contributed by atoms with Crippen LogP contribution in [0, 0.1) is 0 Å². The molecule has 1 aliphatic heterocycles. The number of anilines is 3. The van der Waals surface area contributed by atoms with Crippen molar-refractivity contribution in [1.29, 1.82) is 0 Å². The number of nitrogens with zero attached hydrogens (tertiary/aromatic N) is 6. The molecule has 2 heterocycles. The number of urea groups is 1. The predicted molar refractivity (Wildman–Crippen MR) is 137 cm³/mol. The van der Waals surface area contributed by atoms with E-state index in [1.54, 1.807) is 30.6 Å². The van der Waals surface area contributed by atoms with Crippen LogP contribution in [0.3, 0.4) is 0 Å². The Morgan fingerprint density at radius 2 is 1.92 bits per heavy atom. The van der Waals surface area contributed by atoms with Gasteiger partial charge < -0.3 is 31.1 Å². The summed E-state index contributed by atoms with van der Waals surface area (Å²) >= 11 is 0. The number of nitrogens with one attached hydrogen (secondary N) is 2. The molecule has 2 aromatic rings. The number of hydrogen-bond acceptors (Lipinski definition) is 12. The lowest BCUT2D eigenvalue weighted by Gasteiger charge is -2.18. The number of hydrogen-bond donors (Lipinski definition) is 6. The molecular weight excluding hydrogens is 502 g/mol.